The first-order valence-electron chi connectivity index (χ1n) is 6.28. The Morgan fingerprint density at radius 2 is 1.74 bits per heavy atom. The number of aryl methyl sites for hydroxylation is 3. The number of rotatable bonds is 3. The van der Waals surface area contributed by atoms with Crippen molar-refractivity contribution in [3.8, 4) is 16.9 Å². The highest BCUT2D eigenvalue weighted by Crippen LogP contribution is 2.36. The van der Waals surface area contributed by atoms with Gasteiger partial charge < -0.3 is 4.74 Å². The van der Waals surface area contributed by atoms with Crippen LogP contribution in [-0.2, 0) is 0 Å². The molecule has 0 fully saturated rings. The van der Waals surface area contributed by atoms with Crippen molar-refractivity contribution in [2.45, 2.75) is 20.8 Å². The van der Waals surface area contributed by atoms with Gasteiger partial charge in [0.25, 0.3) is 0 Å². The van der Waals surface area contributed by atoms with Crippen LogP contribution >= 0.6 is 0 Å². The highest BCUT2D eigenvalue weighted by atomic mass is 16.5. The van der Waals surface area contributed by atoms with Gasteiger partial charge in [0.2, 0.25) is 0 Å². The third-order valence-corrected chi connectivity index (χ3v) is 3.33. The van der Waals surface area contributed by atoms with Crippen LogP contribution in [0.1, 0.15) is 27.0 Å². The Labute approximate surface area is 114 Å². The second kappa shape index (κ2) is 5.27. The molecule has 0 aliphatic heterocycles. The van der Waals surface area contributed by atoms with Gasteiger partial charge in [0, 0.05) is 11.1 Å². The van der Waals surface area contributed by atoms with Gasteiger partial charge in [-0.15, -0.1) is 0 Å². The maximum atomic E-state index is 11.0. The van der Waals surface area contributed by atoms with Gasteiger partial charge in [0.05, 0.1) is 7.11 Å². The third-order valence-electron chi connectivity index (χ3n) is 3.33. The van der Waals surface area contributed by atoms with E-state index in [0.717, 1.165) is 34.3 Å². The van der Waals surface area contributed by atoms with Crippen LogP contribution < -0.4 is 4.74 Å². The summed E-state index contributed by atoms with van der Waals surface area (Å²) in [6.45, 7) is 6.16. The summed E-state index contributed by atoms with van der Waals surface area (Å²) in [5.41, 5.74) is 6.26. The summed E-state index contributed by atoms with van der Waals surface area (Å²) in [4.78, 5) is 11.0. The first-order chi connectivity index (χ1) is 9.06. The molecule has 2 nitrogen and oxygen atoms in total. The molecule has 0 radical (unpaired) electrons. The van der Waals surface area contributed by atoms with Crippen LogP contribution in [0.2, 0.25) is 0 Å². The van der Waals surface area contributed by atoms with Crippen molar-refractivity contribution < 1.29 is 9.53 Å². The minimum absolute atomic E-state index is 0.683. The van der Waals surface area contributed by atoms with Crippen LogP contribution in [0.15, 0.2) is 30.3 Å². The van der Waals surface area contributed by atoms with E-state index >= 15 is 0 Å². The number of carbonyl (C=O) groups is 1. The standard InChI is InChI=1S/C17H18O2/c1-11-7-13(3)17(16(8-11)19-4)15-9-14(10-18)6-5-12(15)2/h5-10H,1-4H3. The van der Waals surface area contributed by atoms with E-state index in [9.17, 15) is 4.79 Å². The lowest BCUT2D eigenvalue weighted by atomic mass is 9.93. The molecule has 0 atom stereocenters. The van der Waals surface area contributed by atoms with Gasteiger partial charge in [-0.1, -0.05) is 18.2 Å². The molecule has 0 bridgehead atoms. The Morgan fingerprint density at radius 1 is 1.00 bits per heavy atom. The first-order valence-corrected chi connectivity index (χ1v) is 6.28. The maximum absolute atomic E-state index is 11.0. The fourth-order valence-corrected chi connectivity index (χ4v) is 2.42. The fourth-order valence-electron chi connectivity index (χ4n) is 2.42. The van der Waals surface area contributed by atoms with E-state index in [0.29, 0.717) is 5.56 Å². The van der Waals surface area contributed by atoms with Gasteiger partial charge in [0.15, 0.2) is 0 Å². The zero-order valence-electron chi connectivity index (χ0n) is 11.8. The predicted molar refractivity (Wildman–Crippen MR) is 78.0 cm³/mol. The van der Waals surface area contributed by atoms with Crippen molar-refractivity contribution in [3.63, 3.8) is 0 Å². The predicted octanol–water partition coefficient (Wildman–Crippen LogP) is 4.10. The Morgan fingerprint density at radius 3 is 2.37 bits per heavy atom. The van der Waals surface area contributed by atoms with Crippen molar-refractivity contribution in [1.82, 2.24) is 0 Å². The minimum atomic E-state index is 0.683. The van der Waals surface area contributed by atoms with Crippen LogP contribution in [-0.4, -0.2) is 13.4 Å². The Hall–Kier alpha value is -2.09. The van der Waals surface area contributed by atoms with E-state index in [2.05, 4.69) is 13.0 Å². The number of carbonyl (C=O) groups excluding carboxylic acids is 1. The molecule has 0 amide bonds. The molecule has 2 heteroatoms. The van der Waals surface area contributed by atoms with Crippen molar-refractivity contribution in [1.29, 1.82) is 0 Å². The summed E-state index contributed by atoms with van der Waals surface area (Å²) >= 11 is 0. The number of methoxy groups -OCH3 is 1. The Balaban J connectivity index is 2.74. The zero-order chi connectivity index (χ0) is 14.0. The summed E-state index contributed by atoms with van der Waals surface area (Å²) in [7, 11) is 1.68. The number of hydrogen-bond acceptors (Lipinski definition) is 2. The van der Waals surface area contributed by atoms with Crippen LogP contribution in [0.25, 0.3) is 11.1 Å². The SMILES string of the molecule is COc1cc(C)cc(C)c1-c1cc(C=O)ccc1C. The summed E-state index contributed by atoms with van der Waals surface area (Å²) < 4.78 is 5.50. The molecule has 0 N–H and O–H groups in total. The summed E-state index contributed by atoms with van der Waals surface area (Å²) in [6.07, 6.45) is 0.874. The Bertz CT molecular complexity index is 627. The number of benzene rings is 2. The fraction of sp³-hybridized carbons (Fsp3) is 0.235. The van der Waals surface area contributed by atoms with E-state index in [-0.39, 0.29) is 0 Å². The molecule has 19 heavy (non-hydrogen) atoms. The molecule has 2 aromatic carbocycles. The van der Waals surface area contributed by atoms with Crippen LogP contribution in [0, 0.1) is 20.8 Å². The van der Waals surface area contributed by atoms with Gasteiger partial charge in [0.1, 0.15) is 12.0 Å². The number of hydrogen-bond donors (Lipinski definition) is 0. The van der Waals surface area contributed by atoms with Gasteiger partial charge in [-0.05, 0) is 55.2 Å². The normalized spacial score (nSPS) is 10.3. The highest BCUT2D eigenvalue weighted by molar-refractivity contribution is 5.83. The van der Waals surface area contributed by atoms with Crippen molar-refractivity contribution in [3.05, 3.63) is 52.6 Å². The Kier molecular flexibility index (Phi) is 3.70. The van der Waals surface area contributed by atoms with Gasteiger partial charge in [-0.2, -0.15) is 0 Å². The third kappa shape index (κ3) is 2.53. The molecule has 2 aromatic rings. The molecule has 98 valence electrons. The second-order valence-electron chi connectivity index (χ2n) is 4.85. The molecular formula is C17H18O2. The molecule has 0 saturated carbocycles. The molecule has 0 unspecified atom stereocenters. The van der Waals surface area contributed by atoms with Crippen molar-refractivity contribution in [2.75, 3.05) is 7.11 Å². The van der Waals surface area contributed by atoms with Crippen molar-refractivity contribution in [2.24, 2.45) is 0 Å². The van der Waals surface area contributed by atoms with Gasteiger partial charge in [-0.3, -0.25) is 4.79 Å². The summed E-state index contributed by atoms with van der Waals surface area (Å²) in [6, 6.07) is 9.88. The first kappa shape index (κ1) is 13.3. The molecule has 2 rings (SSSR count). The largest absolute Gasteiger partial charge is 0.496 e. The van der Waals surface area contributed by atoms with E-state index in [1.165, 1.54) is 5.56 Å². The average molecular weight is 254 g/mol. The van der Waals surface area contributed by atoms with Crippen molar-refractivity contribution >= 4 is 6.29 Å². The van der Waals surface area contributed by atoms with E-state index in [4.69, 9.17) is 4.74 Å². The van der Waals surface area contributed by atoms with Gasteiger partial charge in [-0.25, -0.2) is 0 Å². The van der Waals surface area contributed by atoms with Crippen LogP contribution in [0.3, 0.4) is 0 Å². The van der Waals surface area contributed by atoms with E-state index in [1.807, 2.05) is 38.1 Å². The number of ether oxygens (including phenoxy) is 1. The monoisotopic (exact) mass is 254 g/mol. The topological polar surface area (TPSA) is 26.3 Å². The molecule has 0 heterocycles. The van der Waals surface area contributed by atoms with E-state index < -0.39 is 0 Å². The lowest BCUT2D eigenvalue weighted by Gasteiger charge is -2.15. The molecule has 0 spiro atoms. The quantitative estimate of drug-likeness (QED) is 0.771. The molecule has 0 aromatic heterocycles. The lowest BCUT2D eigenvalue weighted by Crippen LogP contribution is -1.95. The lowest BCUT2D eigenvalue weighted by molar-refractivity contribution is 0.112. The molecular weight excluding hydrogens is 236 g/mol. The van der Waals surface area contributed by atoms with Crippen LogP contribution in [0.4, 0.5) is 0 Å². The van der Waals surface area contributed by atoms with Gasteiger partial charge >= 0.3 is 0 Å². The second-order valence-corrected chi connectivity index (χ2v) is 4.85. The molecule has 0 saturated heterocycles. The number of aldehydes is 1. The average Bonchev–Trinajstić information content (AvgIpc) is 2.39. The summed E-state index contributed by atoms with van der Waals surface area (Å²) in [5.74, 6) is 0.851. The maximum Gasteiger partial charge on any atom is 0.150 e. The molecule has 0 aliphatic carbocycles. The smallest absolute Gasteiger partial charge is 0.150 e. The minimum Gasteiger partial charge on any atom is -0.496 e. The summed E-state index contributed by atoms with van der Waals surface area (Å²) in [5, 5.41) is 0. The molecule has 0 aliphatic rings. The highest BCUT2D eigenvalue weighted by Gasteiger charge is 2.12. The van der Waals surface area contributed by atoms with Crippen LogP contribution in [0.5, 0.6) is 5.75 Å². The zero-order valence-corrected chi connectivity index (χ0v) is 11.8. The van der Waals surface area contributed by atoms with E-state index in [1.54, 1.807) is 7.11 Å².